The van der Waals surface area contributed by atoms with Gasteiger partial charge in [0.1, 0.15) is 11.6 Å². The van der Waals surface area contributed by atoms with Gasteiger partial charge in [0.05, 0.1) is 12.1 Å². The Labute approximate surface area is 105 Å². The Hall–Kier alpha value is -1.55. The first-order valence-electron chi connectivity index (χ1n) is 6.32. The fourth-order valence-electron chi connectivity index (χ4n) is 2.70. The van der Waals surface area contributed by atoms with Crippen LogP contribution in [0.4, 0.5) is 4.39 Å². The minimum absolute atomic E-state index is 0.114. The number of rotatable bonds is 3. The Bertz CT molecular complexity index is 604. The van der Waals surface area contributed by atoms with E-state index in [1.807, 2.05) is 20.2 Å². The highest BCUT2D eigenvalue weighted by molar-refractivity contribution is 5.93. The third kappa shape index (κ3) is 1.52. The average molecular weight is 248 g/mol. The number of aromatic amines is 1. The number of fused-ring (bicyclic) bond motifs is 3. The van der Waals surface area contributed by atoms with E-state index < -0.39 is 0 Å². The van der Waals surface area contributed by atoms with E-state index in [0.29, 0.717) is 18.6 Å². The number of nitrogens with one attached hydrogen (secondary N) is 2. The normalized spacial score (nSPS) is 13.9. The summed E-state index contributed by atoms with van der Waals surface area (Å²) < 4.78 is 19.8. The van der Waals surface area contributed by atoms with Crippen molar-refractivity contribution in [3.8, 4) is 5.75 Å². The number of likely N-dealkylation sites (N-methyl/N-ethyl adjacent to an activating group) is 1. The highest BCUT2D eigenvalue weighted by Gasteiger charge is 2.25. The summed E-state index contributed by atoms with van der Waals surface area (Å²) in [4.78, 5) is 3.19. The van der Waals surface area contributed by atoms with Crippen LogP contribution in [-0.4, -0.2) is 25.2 Å². The van der Waals surface area contributed by atoms with Crippen molar-refractivity contribution in [2.45, 2.75) is 19.8 Å². The lowest BCUT2D eigenvalue weighted by molar-refractivity contribution is 0.360. The van der Waals surface area contributed by atoms with Crippen molar-refractivity contribution in [2.75, 3.05) is 20.2 Å². The van der Waals surface area contributed by atoms with Gasteiger partial charge < -0.3 is 15.0 Å². The number of aromatic nitrogens is 1. The molecule has 0 atom stereocenters. The molecule has 3 rings (SSSR count). The smallest absolute Gasteiger partial charge is 0.135 e. The standard InChI is InChI=1S/C14H17FN2O/c1-8-12(15)10-4-6-18-14(10)11-9(3-5-16-2)7-17-13(8)11/h7,16-17H,3-6H2,1-2H3. The SMILES string of the molecule is CNCCc1c[nH]c2c(C)c(F)c3c(c12)OCC3. The fraction of sp³-hybridized carbons (Fsp3) is 0.429. The molecular weight excluding hydrogens is 231 g/mol. The number of H-pyrrole nitrogens is 1. The molecule has 96 valence electrons. The summed E-state index contributed by atoms with van der Waals surface area (Å²) in [6.45, 7) is 3.31. The minimum atomic E-state index is -0.114. The van der Waals surface area contributed by atoms with E-state index in [1.54, 1.807) is 0 Å². The van der Waals surface area contributed by atoms with Gasteiger partial charge in [0.2, 0.25) is 0 Å². The van der Waals surface area contributed by atoms with Crippen LogP contribution >= 0.6 is 0 Å². The quantitative estimate of drug-likeness (QED) is 0.874. The average Bonchev–Trinajstić information content (AvgIpc) is 2.99. The summed E-state index contributed by atoms with van der Waals surface area (Å²) in [6.07, 6.45) is 3.56. The maximum Gasteiger partial charge on any atom is 0.135 e. The van der Waals surface area contributed by atoms with Gasteiger partial charge in [0.15, 0.2) is 0 Å². The summed E-state index contributed by atoms with van der Waals surface area (Å²) in [5.41, 5.74) is 3.51. The van der Waals surface area contributed by atoms with Crippen molar-refractivity contribution >= 4 is 10.9 Å². The first kappa shape index (κ1) is 11.5. The molecule has 2 aromatic rings. The first-order chi connectivity index (χ1) is 8.74. The predicted octanol–water partition coefficient (Wildman–Crippen LogP) is 2.31. The third-order valence-electron chi connectivity index (χ3n) is 3.67. The van der Waals surface area contributed by atoms with Crippen LogP contribution in [0.1, 0.15) is 16.7 Å². The number of aryl methyl sites for hydroxylation is 1. The van der Waals surface area contributed by atoms with Gasteiger partial charge >= 0.3 is 0 Å². The number of benzene rings is 1. The summed E-state index contributed by atoms with van der Waals surface area (Å²) in [6, 6.07) is 0. The minimum Gasteiger partial charge on any atom is -0.492 e. The monoisotopic (exact) mass is 248 g/mol. The zero-order valence-electron chi connectivity index (χ0n) is 10.7. The molecule has 1 aliphatic heterocycles. The van der Waals surface area contributed by atoms with Gasteiger partial charge in [-0.1, -0.05) is 0 Å². The van der Waals surface area contributed by atoms with E-state index in [9.17, 15) is 4.39 Å². The molecule has 0 aliphatic carbocycles. The Balaban J connectivity index is 2.24. The summed E-state index contributed by atoms with van der Waals surface area (Å²) >= 11 is 0. The Morgan fingerprint density at radius 1 is 1.50 bits per heavy atom. The number of hydrogen-bond donors (Lipinski definition) is 2. The van der Waals surface area contributed by atoms with Crippen LogP contribution in [-0.2, 0) is 12.8 Å². The van der Waals surface area contributed by atoms with E-state index in [-0.39, 0.29) is 5.82 Å². The third-order valence-corrected chi connectivity index (χ3v) is 3.67. The van der Waals surface area contributed by atoms with Crippen LogP contribution in [0, 0.1) is 12.7 Å². The number of hydrogen-bond acceptors (Lipinski definition) is 2. The van der Waals surface area contributed by atoms with Crippen LogP contribution in [0.25, 0.3) is 10.9 Å². The largest absolute Gasteiger partial charge is 0.492 e. The lowest BCUT2D eigenvalue weighted by atomic mass is 10.0. The highest BCUT2D eigenvalue weighted by atomic mass is 19.1. The molecule has 3 nitrogen and oxygen atoms in total. The molecule has 18 heavy (non-hydrogen) atoms. The van der Waals surface area contributed by atoms with E-state index in [2.05, 4.69) is 10.3 Å². The lowest BCUT2D eigenvalue weighted by Gasteiger charge is -2.08. The molecule has 0 fully saturated rings. The van der Waals surface area contributed by atoms with Crippen molar-refractivity contribution in [3.63, 3.8) is 0 Å². The Morgan fingerprint density at radius 2 is 2.33 bits per heavy atom. The molecule has 0 saturated heterocycles. The van der Waals surface area contributed by atoms with Crippen LogP contribution in [0.2, 0.25) is 0 Å². The van der Waals surface area contributed by atoms with Gasteiger partial charge in [-0.05, 0) is 32.5 Å². The number of ether oxygens (including phenoxy) is 1. The topological polar surface area (TPSA) is 37.0 Å². The lowest BCUT2D eigenvalue weighted by Crippen LogP contribution is -2.10. The van der Waals surface area contributed by atoms with E-state index in [1.165, 1.54) is 5.56 Å². The maximum atomic E-state index is 14.2. The van der Waals surface area contributed by atoms with E-state index in [4.69, 9.17) is 4.74 Å². The second-order valence-electron chi connectivity index (χ2n) is 4.76. The van der Waals surface area contributed by atoms with Crippen molar-refractivity contribution in [3.05, 3.63) is 28.7 Å². The molecule has 1 aromatic carbocycles. The molecule has 1 aromatic heterocycles. The molecule has 0 radical (unpaired) electrons. The van der Waals surface area contributed by atoms with Crippen LogP contribution in [0.15, 0.2) is 6.20 Å². The molecule has 2 N–H and O–H groups in total. The Kier molecular flexibility index (Phi) is 2.74. The summed E-state index contributed by atoms with van der Waals surface area (Å²) in [5, 5.41) is 4.20. The predicted molar refractivity (Wildman–Crippen MR) is 69.8 cm³/mol. The summed E-state index contributed by atoms with van der Waals surface area (Å²) in [7, 11) is 1.93. The van der Waals surface area contributed by atoms with E-state index >= 15 is 0 Å². The zero-order valence-corrected chi connectivity index (χ0v) is 10.7. The molecular formula is C14H17FN2O. The van der Waals surface area contributed by atoms with Gasteiger partial charge in [0, 0.05) is 29.1 Å². The van der Waals surface area contributed by atoms with Gasteiger partial charge in [-0.2, -0.15) is 0 Å². The summed E-state index contributed by atoms with van der Waals surface area (Å²) in [5.74, 6) is 0.637. The van der Waals surface area contributed by atoms with Gasteiger partial charge in [-0.15, -0.1) is 0 Å². The number of halogens is 1. The van der Waals surface area contributed by atoms with Crippen molar-refractivity contribution < 1.29 is 9.13 Å². The van der Waals surface area contributed by atoms with E-state index in [0.717, 1.165) is 35.2 Å². The van der Waals surface area contributed by atoms with Crippen LogP contribution in [0.5, 0.6) is 5.75 Å². The molecule has 0 unspecified atom stereocenters. The molecule has 0 bridgehead atoms. The molecule has 1 aliphatic rings. The van der Waals surface area contributed by atoms with Crippen LogP contribution in [0.3, 0.4) is 0 Å². The molecule has 0 spiro atoms. The first-order valence-corrected chi connectivity index (χ1v) is 6.32. The highest BCUT2D eigenvalue weighted by Crippen LogP contribution is 2.40. The van der Waals surface area contributed by atoms with Crippen molar-refractivity contribution in [1.82, 2.24) is 10.3 Å². The molecule has 0 saturated carbocycles. The Morgan fingerprint density at radius 3 is 3.11 bits per heavy atom. The second kappa shape index (κ2) is 4.28. The van der Waals surface area contributed by atoms with Crippen molar-refractivity contribution in [2.24, 2.45) is 0 Å². The van der Waals surface area contributed by atoms with Gasteiger partial charge in [-0.3, -0.25) is 0 Å². The van der Waals surface area contributed by atoms with Gasteiger partial charge in [0.25, 0.3) is 0 Å². The molecule has 4 heteroatoms. The molecule has 2 heterocycles. The fourth-order valence-corrected chi connectivity index (χ4v) is 2.70. The van der Waals surface area contributed by atoms with Crippen molar-refractivity contribution in [1.29, 1.82) is 0 Å². The van der Waals surface area contributed by atoms with Gasteiger partial charge in [-0.25, -0.2) is 4.39 Å². The molecule has 0 amide bonds. The van der Waals surface area contributed by atoms with Crippen LogP contribution < -0.4 is 10.1 Å². The maximum absolute atomic E-state index is 14.2. The zero-order chi connectivity index (χ0) is 12.7. The second-order valence-corrected chi connectivity index (χ2v) is 4.76.